The fourth-order valence-electron chi connectivity index (χ4n) is 1.66. The van der Waals surface area contributed by atoms with Gasteiger partial charge in [0, 0.05) is 18.0 Å². The largest absolute Gasteiger partial charge is 0.480 e. The van der Waals surface area contributed by atoms with E-state index in [1.54, 1.807) is 0 Å². The Hall–Kier alpha value is -2.18. The number of halogens is 3. The van der Waals surface area contributed by atoms with Crippen molar-refractivity contribution < 1.29 is 23.1 Å². The first kappa shape index (κ1) is 12.3. The van der Waals surface area contributed by atoms with Gasteiger partial charge in [0.2, 0.25) is 0 Å². The molecule has 4 nitrogen and oxygen atoms in total. The van der Waals surface area contributed by atoms with Gasteiger partial charge in [-0.3, -0.25) is 14.8 Å². The van der Waals surface area contributed by atoms with Gasteiger partial charge in [0.1, 0.15) is 6.67 Å². The summed E-state index contributed by atoms with van der Waals surface area (Å²) < 4.78 is 39.6. The molecule has 1 aromatic carbocycles. The molecule has 0 aliphatic carbocycles. The molecule has 0 aromatic heterocycles. The van der Waals surface area contributed by atoms with Gasteiger partial charge in [-0.15, -0.1) is 0 Å². The molecule has 0 unspecified atom stereocenters. The number of hydrogen-bond donors (Lipinski definition) is 1. The van der Waals surface area contributed by atoms with E-state index in [-0.39, 0.29) is 6.67 Å². The second-order valence-corrected chi connectivity index (χ2v) is 3.66. The maximum Gasteiger partial charge on any atom is 0.325 e. The van der Waals surface area contributed by atoms with E-state index in [4.69, 9.17) is 5.11 Å². The normalized spacial score (nSPS) is 16.8. The fourth-order valence-corrected chi connectivity index (χ4v) is 1.66. The third-order valence-electron chi connectivity index (χ3n) is 2.59. The Morgan fingerprint density at radius 3 is 2.33 bits per heavy atom. The zero-order chi connectivity index (χ0) is 13.3. The highest BCUT2D eigenvalue weighted by molar-refractivity contribution is 6.17. The minimum atomic E-state index is -2.00. The van der Waals surface area contributed by atoms with Crippen LogP contribution in [0.5, 0.6) is 0 Å². The van der Waals surface area contributed by atoms with E-state index in [1.807, 2.05) is 0 Å². The second-order valence-electron chi connectivity index (χ2n) is 3.66. The minimum absolute atomic E-state index is 0.0142. The third kappa shape index (κ3) is 1.68. The maximum absolute atomic E-state index is 13.7. The lowest BCUT2D eigenvalue weighted by Gasteiger charge is -2.23. The number of carbonyl (C=O) groups is 1. The van der Waals surface area contributed by atoms with E-state index in [2.05, 4.69) is 9.98 Å². The van der Waals surface area contributed by atoms with Crippen LogP contribution in [0.1, 0.15) is 5.56 Å². The van der Waals surface area contributed by atoms with Crippen molar-refractivity contribution in [3.63, 3.8) is 0 Å². The standard InChI is InChI=1S/C11H7F3N2O2/c12-7-2-1-6(8(13)9(7)14)11(10(17)18)3-15-5-16-4-11/h1-4H,5H2,(H,17,18). The molecule has 18 heavy (non-hydrogen) atoms. The Morgan fingerprint density at radius 1 is 1.17 bits per heavy atom. The maximum atomic E-state index is 13.7. The third-order valence-corrected chi connectivity index (χ3v) is 2.59. The first-order valence-corrected chi connectivity index (χ1v) is 4.88. The zero-order valence-corrected chi connectivity index (χ0v) is 8.90. The number of nitrogens with zero attached hydrogens (tertiary/aromatic N) is 2. The first-order chi connectivity index (χ1) is 8.49. The smallest absolute Gasteiger partial charge is 0.325 e. The van der Waals surface area contributed by atoms with Gasteiger partial charge >= 0.3 is 5.97 Å². The number of aliphatic imine (C=N–C) groups is 2. The second kappa shape index (κ2) is 4.25. The summed E-state index contributed by atoms with van der Waals surface area (Å²) in [5.41, 5.74) is -2.54. The van der Waals surface area contributed by atoms with Crippen LogP contribution in [0.15, 0.2) is 22.1 Å². The van der Waals surface area contributed by atoms with Crippen LogP contribution in [0, 0.1) is 17.5 Å². The predicted octanol–water partition coefficient (Wildman–Crippen LogP) is 1.54. The SMILES string of the molecule is O=C(O)C1(c2ccc(F)c(F)c2F)C=NCN=C1. The molecule has 1 aromatic rings. The molecule has 1 aliphatic rings. The summed E-state index contributed by atoms with van der Waals surface area (Å²) >= 11 is 0. The highest BCUT2D eigenvalue weighted by Crippen LogP contribution is 2.28. The molecule has 0 atom stereocenters. The van der Waals surface area contributed by atoms with Gasteiger partial charge in [0.15, 0.2) is 22.9 Å². The highest BCUT2D eigenvalue weighted by atomic mass is 19.2. The van der Waals surface area contributed by atoms with Gasteiger partial charge in [-0.2, -0.15) is 0 Å². The molecule has 0 spiro atoms. The van der Waals surface area contributed by atoms with Crippen LogP contribution >= 0.6 is 0 Å². The van der Waals surface area contributed by atoms with Crippen molar-refractivity contribution in [2.75, 3.05) is 6.67 Å². The summed E-state index contributed by atoms with van der Waals surface area (Å²) in [6.45, 7) is 0.0142. The molecule has 0 saturated carbocycles. The van der Waals surface area contributed by atoms with Gasteiger partial charge in [-0.1, -0.05) is 6.07 Å². The molecule has 0 fully saturated rings. The lowest BCUT2D eigenvalue weighted by Crippen LogP contribution is -2.41. The molecular formula is C11H7F3N2O2. The van der Waals surface area contributed by atoms with Crippen LogP contribution in [0.2, 0.25) is 0 Å². The number of rotatable bonds is 2. The summed E-state index contributed by atoms with van der Waals surface area (Å²) in [5.74, 6) is -6.14. The fraction of sp³-hybridized carbons (Fsp3) is 0.182. The van der Waals surface area contributed by atoms with Crippen molar-refractivity contribution in [3.05, 3.63) is 35.1 Å². The highest BCUT2D eigenvalue weighted by Gasteiger charge is 2.42. The van der Waals surface area contributed by atoms with E-state index in [0.717, 1.165) is 18.5 Å². The van der Waals surface area contributed by atoms with Crippen LogP contribution < -0.4 is 0 Å². The van der Waals surface area contributed by atoms with E-state index in [9.17, 15) is 18.0 Å². The number of aliphatic carboxylic acids is 1. The van der Waals surface area contributed by atoms with Crippen molar-refractivity contribution >= 4 is 18.4 Å². The van der Waals surface area contributed by atoms with Gasteiger partial charge in [0.25, 0.3) is 0 Å². The quantitative estimate of drug-likeness (QED) is 0.816. The summed E-state index contributed by atoms with van der Waals surface area (Å²) in [7, 11) is 0. The lowest BCUT2D eigenvalue weighted by molar-refractivity contribution is -0.138. The summed E-state index contributed by atoms with van der Waals surface area (Å²) in [5, 5.41) is 9.16. The van der Waals surface area contributed by atoms with Crippen LogP contribution in [0.3, 0.4) is 0 Å². The van der Waals surface area contributed by atoms with Crippen molar-refractivity contribution in [1.82, 2.24) is 0 Å². The van der Waals surface area contributed by atoms with Crippen molar-refractivity contribution in [2.45, 2.75) is 5.41 Å². The van der Waals surface area contributed by atoms with Gasteiger partial charge in [-0.25, -0.2) is 13.2 Å². The number of hydrogen-bond acceptors (Lipinski definition) is 3. The predicted molar refractivity (Wildman–Crippen MR) is 57.5 cm³/mol. The van der Waals surface area contributed by atoms with Gasteiger partial charge < -0.3 is 5.11 Å². The summed E-state index contributed by atoms with van der Waals surface area (Å²) in [6.07, 6.45) is 1.91. The Labute approximate surface area is 99.5 Å². The summed E-state index contributed by atoms with van der Waals surface area (Å²) in [6, 6.07) is 1.53. The molecule has 2 rings (SSSR count). The van der Waals surface area contributed by atoms with Crippen molar-refractivity contribution in [2.24, 2.45) is 9.98 Å². The molecule has 1 N–H and O–H groups in total. The van der Waals surface area contributed by atoms with E-state index in [0.29, 0.717) is 6.07 Å². The molecule has 7 heteroatoms. The van der Waals surface area contributed by atoms with E-state index < -0.39 is 34.4 Å². The average Bonchev–Trinajstić information content (AvgIpc) is 2.37. The average molecular weight is 256 g/mol. The summed E-state index contributed by atoms with van der Waals surface area (Å²) in [4.78, 5) is 18.5. The Kier molecular flexibility index (Phi) is 2.90. The van der Waals surface area contributed by atoms with E-state index >= 15 is 0 Å². The minimum Gasteiger partial charge on any atom is -0.480 e. The van der Waals surface area contributed by atoms with Gasteiger partial charge in [-0.05, 0) is 6.07 Å². The molecule has 0 saturated heterocycles. The molecule has 0 radical (unpaired) electrons. The van der Waals surface area contributed by atoms with Crippen LogP contribution in [0.4, 0.5) is 13.2 Å². The number of carboxylic acids is 1. The molecular weight excluding hydrogens is 249 g/mol. The number of benzene rings is 1. The molecule has 1 aliphatic heterocycles. The van der Waals surface area contributed by atoms with Crippen molar-refractivity contribution in [1.29, 1.82) is 0 Å². The monoisotopic (exact) mass is 256 g/mol. The van der Waals surface area contributed by atoms with Crippen LogP contribution in [0.25, 0.3) is 0 Å². The van der Waals surface area contributed by atoms with E-state index in [1.165, 1.54) is 0 Å². The Bertz CT molecular complexity index is 558. The topological polar surface area (TPSA) is 62.0 Å². The first-order valence-electron chi connectivity index (χ1n) is 4.88. The molecule has 1 heterocycles. The lowest BCUT2D eigenvalue weighted by atomic mass is 9.81. The number of carboxylic acid groups (broad SMARTS) is 1. The zero-order valence-electron chi connectivity index (χ0n) is 8.90. The van der Waals surface area contributed by atoms with Crippen LogP contribution in [-0.2, 0) is 10.2 Å². The molecule has 94 valence electrons. The van der Waals surface area contributed by atoms with Crippen molar-refractivity contribution in [3.8, 4) is 0 Å². The molecule has 0 amide bonds. The van der Waals surface area contributed by atoms with Crippen LogP contribution in [-0.4, -0.2) is 30.2 Å². The Morgan fingerprint density at radius 2 is 1.78 bits per heavy atom. The Balaban J connectivity index is 2.68. The molecule has 0 bridgehead atoms. The van der Waals surface area contributed by atoms with Gasteiger partial charge in [0.05, 0.1) is 0 Å².